The van der Waals surface area contributed by atoms with Crippen LogP contribution in [-0.2, 0) is 18.8 Å². The highest BCUT2D eigenvalue weighted by Crippen LogP contribution is 2.20. The first-order valence-corrected chi connectivity index (χ1v) is 7.32. The van der Waals surface area contributed by atoms with E-state index in [1.807, 2.05) is 35.2 Å². The van der Waals surface area contributed by atoms with Crippen LogP contribution in [-0.4, -0.2) is 17.4 Å². The molecule has 3 heteroatoms. The van der Waals surface area contributed by atoms with Crippen LogP contribution < -0.4 is 0 Å². The Kier molecular flexibility index (Phi) is 3.75. The lowest BCUT2D eigenvalue weighted by Crippen LogP contribution is -2.35. The van der Waals surface area contributed by atoms with Crippen molar-refractivity contribution in [2.45, 2.75) is 18.8 Å². The molecule has 1 amide bonds. The Hall–Kier alpha value is -1.80. The first-order valence-electron chi connectivity index (χ1n) is 6.79. The predicted octanol–water partition coefficient (Wildman–Crippen LogP) is 3.62. The number of carbonyl (C=O) groups is 1. The van der Waals surface area contributed by atoms with Gasteiger partial charge in [-0.1, -0.05) is 36.4 Å². The second-order valence-electron chi connectivity index (χ2n) is 5.08. The van der Waals surface area contributed by atoms with E-state index in [1.165, 1.54) is 11.1 Å². The molecule has 0 N–H and O–H groups in total. The number of hydrogen-bond acceptors (Lipinski definition) is 1. The van der Waals surface area contributed by atoms with Gasteiger partial charge in [-0.3, -0.25) is 4.79 Å². The molecule has 2 nitrogen and oxygen atoms in total. The summed E-state index contributed by atoms with van der Waals surface area (Å²) < 4.78 is 0. The zero-order chi connectivity index (χ0) is 13.9. The van der Waals surface area contributed by atoms with Crippen molar-refractivity contribution in [3.05, 3.63) is 70.8 Å². The highest BCUT2D eigenvalue weighted by atomic mass is 35.5. The van der Waals surface area contributed by atoms with E-state index in [1.54, 1.807) is 0 Å². The topological polar surface area (TPSA) is 20.3 Å². The molecule has 1 aliphatic rings. The molecule has 2 aromatic rings. The minimum Gasteiger partial charge on any atom is -0.334 e. The Bertz CT molecular complexity index is 621. The average Bonchev–Trinajstić information content (AvgIpc) is 2.54. The van der Waals surface area contributed by atoms with Gasteiger partial charge in [-0.2, -0.15) is 0 Å². The predicted molar refractivity (Wildman–Crippen MR) is 80.9 cm³/mol. The first-order chi connectivity index (χ1) is 9.78. The third-order valence-electron chi connectivity index (χ3n) is 3.77. The van der Waals surface area contributed by atoms with Gasteiger partial charge in [-0.25, -0.2) is 0 Å². The van der Waals surface area contributed by atoms with Crippen LogP contribution in [0.2, 0.25) is 0 Å². The third kappa shape index (κ3) is 2.56. The maximum Gasteiger partial charge on any atom is 0.254 e. The fourth-order valence-corrected chi connectivity index (χ4v) is 2.77. The second-order valence-corrected chi connectivity index (χ2v) is 5.34. The molecule has 20 heavy (non-hydrogen) atoms. The summed E-state index contributed by atoms with van der Waals surface area (Å²) in [5.74, 6) is 0.576. The van der Waals surface area contributed by atoms with Crippen molar-refractivity contribution in [3.8, 4) is 0 Å². The number of alkyl halides is 1. The fraction of sp³-hybridized carbons (Fsp3) is 0.235. The van der Waals surface area contributed by atoms with Crippen molar-refractivity contribution in [1.82, 2.24) is 4.90 Å². The molecular formula is C17H16ClNO. The Morgan fingerprint density at radius 2 is 1.75 bits per heavy atom. The number of halogens is 1. The van der Waals surface area contributed by atoms with Crippen LogP contribution in [0.5, 0.6) is 0 Å². The van der Waals surface area contributed by atoms with Gasteiger partial charge >= 0.3 is 0 Å². The van der Waals surface area contributed by atoms with Crippen molar-refractivity contribution in [2.75, 3.05) is 6.54 Å². The quantitative estimate of drug-likeness (QED) is 0.772. The lowest BCUT2D eigenvalue weighted by molar-refractivity contribution is 0.0734. The van der Waals surface area contributed by atoms with Crippen LogP contribution in [0, 0.1) is 0 Å². The summed E-state index contributed by atoms with van der Waals surface area (Å²) in [7, 11) is 0. The Morgan fingerprint density at radius 1 is 1.05 bits per heavy atom. The summed E-state index contributed by atoms with van der Waals surface area (Å²) in [6.45, 7) is 1.49. The van der Waals surface area contributed by atoms with E-state index >= 15 is 0 Å². The SMILES string of the molecule is O=C(c1ccc(CCl)cc1)N1CCc2ccccc2C1. The maximum absolute atomic E-state index is 12.5. The van der Waals surface area contributed by atoms with Crippen LogP contribution in [0.25, 0.3) is 0 Å². The van der Waals surface area contributed by atoms with Gasteiger partial charge in [0.2, 0.25) is 0 Å². The average molecular weight is 286 g/mol. The molecule has 0 unspecified atom stereocenters. The van der Waals surface area contributed by atoms with Crippen LogP contribution in [0.4, 0.5) is 0 Å². The molecule has 2 aromatic carbocycles. The largest absolute Gasteiger partial charge is 0.334 e. The summed E-state index contributed by atoms with van der Waals surface area (Å²) >= 11 is 5.77. The van der Waals surface area contributed by atoms with E-state index in [9.17, 15) is 4.79 Å². The summed E-state index contributed by atoms with van der Waals surface area (Å²) in [6.07, 6.45) is 0.932. The number of amides is 1. The summed E-state index contributed by atoms with van der Waals surface area (Å²) in [6, 6.07) is 15.9. The third-order valence-corrected chi connectivity index (χ3v) is 4.08. The molecule has 102 valence electrons. The van der Waals surface area contributed by atoms with E-state index in [2.05, 4.69) is 18.2 Å². The molecular weight excluding hydrogens is 270 g/mol. The van der Waals surface area contributed by atoms with E-state index in [0.29, 0.717) is 12.4 Å². The van der Waals surface area contributed by atoms with E-state index < -0.39 is 0 Å². The molecule has 1 heterocycles. The van der Waals surface area contributed by atoms with E-state index in [-0.39, 0.29) is 5.91 Å². The Balaban J connectivity index is 1.78. The van der Waals surface area contributed by atoms with Gasteiger partial charge in [0.15, 0.2) is 0 Å². The molecule has 0 radical (unpaired) electrons. The van der Waals surface area contributed by atoms with Crippen molar-refractivity contribution < 1.29 is 4.79 Å². The van der Waals surface area contributed by atoms with Gasteiger partial charge in [0.25, 0.3) is 5.91 Å². The standard InChI is InChI=1S/C17H16ClNO/c18-11-13-5-7-15(8-6-13)17(20)19-10-9-14-3-1-2-4-16(14)12-19/h1-8H,9-12H2. The monoisotopic (exact) mass is 285 g/mol. The highest BCUT2D eigenvalue weighted by Gasteiger charge is 2.21. The Labute approximate surface area is 124 Å². The molecule has 3 rings (SSSR count). The summed E-state index contributed by atoms with van der Waals surface area (Å²) in [4.78, 5) is 14.4. The van der Waals surface area contributed by atoms with Crippen LogP contribution in [0.1, 0.15) is 27.0 Å². The van der Waals surface area contributed by atoms with E-state index in [4.69, 9.17) is 11.6 Å². The number of fused-ring (bicyclic) bond motifs is 1. The Morgan fingerprint density at radius 3 is 2.45 bits per heavy atom. The van der Waals surface area contributed by atoms with E-state index in [0.717, 1.165) is 24.1 Å². The van der Waals surface area contributed by atoms with Gasteiger partial charge in [0.05, 0.1) is 0 Å². The van der Waals surface area contributed by atoms with Crippen molar-refractivity contribution in [3.63, 3.8) is 0 Å². The number of benzene rings is 2. The maximum atomic E-state index is 12.5. The van der Waals surface area contributed by atoms with Crippen LogP contribution in [0.3, 0.4) is 0 Å². The van der Waals surface area contributed by atoms with Gasteiger partial charge in [-0.05, 0) is 35.2 Å². The number of nitrogens with zero attached hydrogens (tertiary/aromatic N) is 1. The molecule has 0 fully saturated rings. The molecule has 0 saturated heterocycles. The minimum atomic E-state index is 0.0978. The molecule has 0 spiro atoms. The molecule has 0 aromatic heterocycles. The molecule has 0 atom stereocenters. The molecule has 0 bridgehead atoms. The van der Waals surface area contributed by atoms with Crippen molar-refractivity contribution >= 4 is 17.5 Å². The van der Waals surface area contributed by atoms with Crippen LogP contribution >= 0.6 is 11.6 Å². The zero-order valence-corrected chi connectivity index (χ0v) is 11.9. The van der Waals surface area contributed by atoms with Gasteiger partial charge in [-0.15, -0.1) is 11.6 Å². The van der Waals surface area contributed by atoms with Gasteiger partial charge in [0.1, 0.15) is 0 Å². The second kappa shape index (κ2) is 5.68. The van der Waals surface area contributed by atoms with Gasteiger partial charge in [0, 0.05) is 24.5 Å². The number of hydrogen-bond donors (Lipinski definition) is 0. The fourth-order valence-electron chi connectivity index (χ4n) is 2.59. The highest BCUT2D eigenvalue weighted by molar-refractivity contribution is 6.17. The van der Waals surface area contributed by atoms with Gasteiger partial charge < -0.3 is 4.90 Å². The lowest BCUT2D eigenvalue weighted by Gasteiger charge is -2.29. The summed E-state index contributed by atoms with van der Waals surface area (Å²) in [5, 5.41) is 0. The van der Waals surface area contributed by atoms with Crippen LogP contribution in [0.15, 0.2) is 48.5 Å². The molecule has 0 aliphatic carbocycles. The lowest BCUT2D eigenvalue weighted by atomic mass is 9.99. The number of rotatable bonds is 2. The minimum absolute atomic E-state index is 0.0978. The first kappa shape index (κ1) is 13.2. The normalized spacial score (nSPS) is 13.9. The van der Waals surface area contributed by atoms with Crippen molar-refractivity contribution in [2.24, 2.45) is 0 Å². The smallest absolute Gasteiger partial charge is 0.254 e. The zero-order valence-electron chi connectivity index (χ0n) is 11.2. The molecule has 0 saturated carbocycles. The number of carbonyl (C=O) groups excluding carboxylic acids is 1. The van der Waals surface area contributed by atoms with Crippen molar-refractivity contribution in [1.29, 1.82) is 0 Å². The summed E-state index contributed by atoms with van der Waals surface area (Å²) in [5.41, 5.74) is 4.38. The molecule has 1 aliphatic heterocycles.